The monoisotopic (exact) mass is 302 g/mol. The van der Waals surface area contributed by atoms with Gasteiger partial charge in [0.2, 0.25) is 0 Å². The van der Waals surface area contributed by atoms with Gasteiger partial charge in [0.25, 0.3) is 0 Å². The third-order valence-electron chi connectivity index (χ3n) is 3.35. The molecule has 1 aromatic heterocycles. The molecule has 2 rings (SSSR count). The Balaban J connectivity index is 0.00000141. The Morgan fingerprint density at radius 2 is 1.32 bits per heavy atom. The van der Waals surface area contributed by atoms with Crippen LogP contribution in [-0.4, -0.2) is 9.97 Å². The fourth-order valence-electron chi connectivity index (χ4n) is 2.00. The summed E-state index contributed by atoms with van der Waals surface area (Å²) < 4.78 is 0. The lowest BCUT2D eigenvalue weighted by Gasteiger charge is -2.19. The van der Waals surface area contributed by atoms with Crippen molar-refractivity contribution in [3.63, 3.8) is 0 Å². The number of rotatable bonds is 1. The molecule has 2 nitrogen and oxygen atoms in total. The van der Waals surface area contributed by atoms with Crippen molar-refractivity contribution in [1.29, 1.82) is 0 Å². The normalized spacial score (nSPS) is 11.3. The van der Waals surface area contributed by atoms with E-state index < -0.39 is 0 Å². The van der Waals surface area contributed by atoms with E-state index in [2.05, 4.69) is 75.8 Å². The minimum atomic E-state index is 0. The Hall–Kier alpha value is -1.57. The SMILES string of the molecule is C.CC.CC(C)(C)c1ccc(-c2cnc(C(C)(C)C)[nH]2)cc1. The highest BCUT2D eigenvalue weighted by atomic mass is 14.9. The van der Waals surface area contributed by atoms with Crippen LogP contribution in [-0.2, 0) is 10.8 Å². The Morgan fingerprint density at radius 1 is 0.818 bits per heavy atom. The lowest BCUT2D eigenvalue weighted by molar-refractivity contribution is 0.553. The van der Waals surface area contributed by atoms with Gasteiger partial charge in [-0.15, -0.1) is 0 Å². The molecule has 0 unspecified atom stereocenters. The predicted octanol–water partition coefficient (Wildman–Crippen LogP) is 6.33. The van der Waals surface area contributed by atoms with Crippen LogP contribution in [0.15, 0.2) is 30.5 Å². The minimum Gasteiger partial charge on any atom is -0.342 e. The van der Waals surface area contributed by atoms with Crippen molar-refractivity contribution in [1.82, 2.24) is 9.97 Å². The number of benzene rings is 1. The van der Waals surface area contributed by atoms with Crippen molar-refractivity contribution in [3.8, 4) is 11.3 Å². The van der Waals surface area contributed by atoms with Crippen LogP contribution in [0.4, 0.5) is 0 Å². The zero-order valence-corrected chi connectivity index (χ0v) is 14.8. The molecule has 22 heavy (non-hydrogen) atoms. The van der Waals surface area contributed by atoms with E-state index in [0.29, 0.717) is 0 Å². The summed E-state index contributed by atoms with van der Waals surface area (Å²) in [4.78, 5) is 7.90. The average molecular weight is 303 g/mol. The van der Waals surface area contributed by atoms with Crippen LogP contribution in [0.3, 0.4) is 0 Å². The second-order valence-electron chi connectivity index (χ2n) is 7.22. The van der Waals surface area contributed by atoms with E-state index in [1.54, 1.807) is 0 Å². The lowest BCUT2D eigenvalue weighted by atomic mass is 9.86. The third-order valence-corrected chi connectivity index (χ3v) is 3.35. The summed E-state index contributed by atoms with van der Waals surface area (Å²) in [6, 6.07) is 8.74. The van der Waals surface area contributed by atoms with E-state index in [-0.39, 0.29) is 18.3 Å². The maximum absolute atomic E-state index is 4.48. The minimum absolute atomic E-state index is 0. The Morgan fingerprint density at radius 3 is 1.68 bits per heavy atom. The molecule has 0 aliphatic rings. The van der Waals surface area contributed by atoms with Crippen molar-refractivity contribution < 1.29 is 0 Å². The highest BCUT2D eigenvalue weighted by Crippen LogP contribution is 2.27. The molecule has 0 saturated heterocycles. The highest BCUT2D eigenvalue weighted by molar-refractivity contribution is 5.59. The Kier molecular flexibility index (Phi) is 7.08. The Bertz CT molecular complexity index is 549. The maximum Gasteiger partial charge on any atom is 0.111 e. The number of nitrogens with one attached hydrogen (secondary N) is 1. The second kappa shape index (κ2) is 7.62. The van der Waals surface area contributed by atoms with E-state index >= 15 is 0 Å². The number of aromatic nitrogens is 2. The van der Waals surface area contributed by atoms with Crippen molar-refractivity contribution >= 4 is 0 Å². The summed E-state index contributed by atoms with van der Waals surface area (Å²) in [6.07, 6.45) is 1.92. The summed E-state index contributed by atoms with van der Waals surface area (Å²) in [7, 11) is 0. The quantitative estimate of drug-likeness (QED) is 0.654. The number of hydrogen-bond acceptors (Lipinski definition) is 1. The fourth-order valence-corrected chi connectivity index (χ4v) is 2.00. The van der Waals surface area contributed by atoms with Crippen molar-refractivity contribution in [2.75, 3.05) is 0 Å². The van der Waals surface area contributed by atoms with E-state index in [1.807, 2.05) is 20.0 Å². The van der Waals surface area contributed by atoms with Crippen LogP contribution in [0.5, 0.6) is 0 Å². The average Bonchev–Trinajstić information content (AvgIpc) is 2.90. The van der Waals surface area contributed by atoms with Crippen molar-refractivity contribution in [3.05, 3.63) is 41.9 Å². The van der Waals surface area contributed by atoms with Crippen LogP contribution >= 0.6 is 0 Å². The Labute approximate surface area is 137 Å². The van der Waals surface area contributed by atoms with Gasteiger partial charge in [-0.25, -0.2) is 4.98 Å². The molecule has 0 atom stereocenters. The molecule has 0 spiro atoms. The van der Waals surface area contributed by atoms with Gasteiger partial charge in [0, 0.05) is 5.41 Å². The van der Waals surface area contributed by atoms with Crippen molar-refractivity contribution in [2.24, 2.45) is 0 Å². The van der Waals surface area contributed by atoms with Gasteiger partial charge in [0.1, 0.15) is 5.82 Å². The smallest absolute Gasteiger partial charge is 0.111 e. The van der Waals surface area contributed by atoms with Crippen LogP contribution in [0.25, 0.3) is 11.3 Å². The number of aromatic amines is 1. The zero-order chi connectivity index (χ0) is 16.3. The molecule has 0 saturated carbocycles. The van der Waals surface area contributed by atoms with E-state index in [1.165, 1.54) is 11.1 Å². The summed E-state index contributed by atoms with van der Waals surface area (Å²) in [6.45, 7) is 17.2. The van der Waals surface area contributed by atoms with Gasteiger partial charge in [-0.3, -0.25) is 0 Å². The molecule has 0 amide bonds. The first-order chi connectivity index (χ1) is 9.68. The van der Waals surface area contributed by atoms with Gasteiger partial charge < -0.3 is 4.98 Å². The molecule has 0 bridgehead atoms. The third kappa shape index (κ3) is 5.01. The molecule has 1 heterocycles. The van der Waals surface area contributed by atoms with Crippen LogP contribution in [0, 0.1) is 0 Å². The second-order valence-corrected chi connectivity index (χ2v) is 7.22. The van der Waals surface area contributed by atoms with Gasteiger partial charge in [0.05, 0.1) is 11.9 Å². The lowest BCUT2D eigenvalue weighted by Crippen LogP contribution is -2.13. The molecule has 1 N–H and O–H groups in total. The topological polar surface area (TPSA) is 28.7 Å². The summed E-state index contributed by atoms with van der Waals surface area (Å²) in [5.41, 5.74) is 3.89. The van der Waals surface area contributed by atoms with E-state index in [9.17, 15) is 0 Å². The van der Waals surface area contributed by atoms with Crippen LogP contribution < -0.4 is 0 Å². The van der Waals surface area contributed by atoms with E-state index in [0.717, 1.165) is 11.5 Å². The zero-order valence-electron chi connectivity index (χ0n) is 14.8. The molecule has 0 aliphatic heterocycles. The van der Waals surface area contributed by atoms with Crippen molar-refractivity contribution in [2.45, 2.75) is 73.6 Å². The first kappa shape index (κ1) is 20.4. The standard InChI is InChI=1S/C17H24N2.C2H6.CH4/c1-16(2,3)13-9-7-12(8-10-13)14-11-18-15(19-14)17(4,5)6;1-2;/h7-11H,1-6H3,(H,18,19);1-2H3;1H4. The summed E-state index contributed by atoms with van der Waals surface area (Å²) >= 11 is 0. The molecule has 0 aliphatic carbocycles. The number of hydrogen-bond donors (Lipinski definition) is 1. The van der Waals surface area contributed by atoms with E-state index in [4.69, 9.17) is 0 Å². The molecular weight excluding hydrogens is 268 g/mol. The number of H-pyrrole nitrogens is 1. The largest absolute Gasteiger partial charge is 0.342 e. The number of nitrogens with zero attached hydrogens (tertiary/aromatic N) is 1. The maximum atomic E-state index is 4.48. The molecule has 124 valence electrons. The fraction of sp³-hybridized carbons (Fsp3) is 0.550. The molecule has 1 aromatic carbocycles. The van der Waals surface area contributed by atoms with Gasteiger partial charge in [-0.05, 0) is 16.5 Å². The van der Waals surface area contributed by atoms with Crippen LogP contribution in [0.2, 0.25) is 0 Å². The van der Waals surface area contributed by atoms with Crippen LogP contribution in [0.1, 0.15) is 74.2 Å². The molecule has 0 fully saturated rings. The predicted molar refractivity (Wildman–Crippen MR) is 99.5 cm³/mol. The highest BCUT2D eigenvalue weighted by Gasteiger charge is 2.18. The van der Waals surface area contributed by atoms with Gasteiger partial charge in [-0.2, -0.15) is 0 Å². The number of imidazole rings is 1. The molecule has 2 heteroatoms. The molecule has 0 radical (unpaired) electrons. The summed E-state index contributed by atoms with van der Waals surface area (Å²) in [5.74, 6) is 1.03. The van der Waals surface area contributed by atoms with Gasteiger partial charge >= 0.3 is 0 Å². The molecular formula is C20H34N2. The first-order valence-electron chi connectivity index (χ1n) is 7.84. The van der Waals surface area contributed by atoms with Gasteiger partial charge in [0.15, 0.2) is 0 Å². The summed E-state index contributed by atoms with van der Waals surface area (Å²) in [5, 5.41) is 0. The van der Waals surface area contributed by atoms with Gasteiger partial charge in [-0.1, -0.05) is 87.1 Å². The molecule has 2 aromatic rings. The first-order valence-corrected chi connectivity index (χ1v) is 7.84.